The Kier molecular flexibility index (Phi) is 4.85. The zero-order chi connectivity index (χ0) is 11.8. The predicted molar refractivity (Wildman–Crippen MR) is 54.8 cm³/mol. The third-order valence-electron chi connectivity index (χ3n) is 1.65. The minimum Gasteiger partial charge on any atom is -0.456 e. The van der Waals surface area contributed by atoms with E-state index in [0.717, 1.165) is 0 Å². The summed E-state index contributed by atoms with van der Waals surface area (Å²) in [6, 6.07) is 6.50. The molecule has 1 rings (SSSR count). The van der Waals surface area contributed by atoms with Gasteiger partial charge in [0.1, 0.15) is 5.75 Å². The highest BCUT2D eigenvalue weighted by molar-refractivity contribution is 5.79. The van der Waals surface area contributed by atoms with Crippen molar-refractivity contribution in [2.45, 2.75) is 6.92 Å². The number of hydrogen-bond acceptors (Lipinski definition) is 5. The zero-order valence-electron chi connectivity index (χ0n) is 8.76. The van der Waals surface area contributed by atoms with Crippen LogP contribution < -0.4 is 4.74 Å². The van der Waals surface area contributed by atoms with Gasteiger partial charge >= 0.3 is 6.16 Å². The predicted octanol–water partition coefficient (Wildman–Crippen LogP) is 1.65. The molecule has 0 aromatic heterocycles. The fourth-order valence-corrected chi connectivity index (χ4v) is 0.977. The molecule has 1 aromatic carbocycles. The van der Waals surface area contributed by atoms with E-state index < -0.39 is 6.16 Å². The summed E-state index contributed by atoms with van der Waals surface area (Å²) >= 11 is 0. The zero-order valence-corrected chi connectivity index (χ0v) is 8.76. The van der Waals surface area contributed by atoms with E-state index in [-0.39, 0.29) is 19.0 Å². The number of carbonyl (C=O) groups excluding carboxylic acids is 2. The molecule has 16 heavy (non-hydrogen) atoms. The Labute approximate surface area is 92.9 Å². The van der Waals surface area contributed by atoms with Crippen LogP contribution >= 0.6 is 0 Å². The highest BCUT2D eigenvalue weighted by Crippen LogP contribution is 2.15. The second-order valence-corrected chi connectivity index (χ2v) is 2.69. The van der Waals surface area contributed by atoms with Crippen LogP contribution in [0.25, 0.3) is 0 Å². The molecular formula is C11H11O5. The normalized spacial score (nSPS) is 9.31. The summed E-state index contributed by atoms with van der Waals surface area (Å²) in [4.78, 5) is 21.3. The van der Waals surface area contributed by atoms with E-state index >= 15 is 0 Å². The largest absolute Gasteiger partial charge is 0.511 e. The Morgan fingerprint density at radius 3 is 2.75 bits per heavy atom. The average molecular weight is 223 g/mol. The standard InChI is InChI=1S/C11H11O5/c1-2-14-11(13)16-8-15-10-6-4-3-5-9(10)7-12/h3-6H,2,8H2,1H3. The van der Waals surface area contributed by atoms with E-state index in [1.165, 1.54) is 0 Å². The maximum absolute atomic E-state index is 10.8. The number of carbonyl (C=O) groups is 1. The molecule has 1 radical (unpaired) electrons. The van der Waals surface area contributed by atoms with Crippen LogP contribution in [0.2, 0.25) is 0 Å². The molecule has 5 heteroatoms. The number of hydrogen-bond donors (Lipinski definition) is 0. The summed E-state index contributed by atoms with van der Waals surface area (Å²) < 4.78 is 14.1. The topological polar surface area (TPSA) is 61.8 Å². The number of rotatable bonds is 5. The molecule has 0 heterocycles. The second-order valence-electron chi connectivity index (χ2n) is 2.69. The molecule has 0 saturated heterocycles. The van der Waals surface area contributed by atoms with Gasteiger partial charge in [-0.25, -0.2) is 4.79 Å². The first-order valence-corrected chi connectivity index (χ1v) is 4.67. The average Bonchev–Trinajstić information content (AvgIpc) is 2.30. The lowest BCUT2D eigenvalue weighted by Crippen LogP contribution is -2.12. The van der Waals surface area contributed by atoms with E-state index in [1.807, 2.05) is 0 Å². The van der Waals surface area contributed by atoms with E-state index in [4.69, 9.17) is 4.74 Å². The van der Waals surface area contributed by atoms with Crippen molar-refractivity contribution < 1.29 is 23.8 Å². The van der Waals surface area contributed by atoms with Crippen molar-refractivity contribution in [3.05, 3.63) is 29.8 Å². The van der Waals surface area contributed by atoms with E-state index in [9.17, 15) is 9.59 Å². The molecule has 0 saturated carbocycles. The van der Waals surface area contributed by atoms with Gasteiger partial charge in [-0.1, -0.05) is 12.1 Å². The van der Waals surface area contributed by atoms with E-state index in [1.54, 1.807) is 37.5 Å². The lowest BCUT2D eigenvalue weighted by Gasteiger charge is -2.07. The van der Waals surface area contributed by atoms with E-state index in [0.29, 0.717) is 5.75 Å². The van der Waals surface area contributed by atoms with Gasteiger partial charge in [0.25, 0.3) is 0 Å². The van der Waals surface area contributed by atoms with Crippen molar-refractivity contribution in [3.8, 4) is 5.75 Å². The van der Waals surface area contributed by atoms with Gasteiger partial charge in [0.2, 0.25) is 13.1 Å². The van der Waals surface area contributed by atoms with Crippen LogP contribution in [-0.2, 0) is 14.3 Å². The Morgan fingerprint density at radius 1 is 1.31 bits per heavy atom. The summed E-state index contributed by atoms with van der Waals surface area (Å²) in [5, 5.41) is 0. The van der Waals surface area contributed by atoms with Crippen LogP contribution in [0.1, 0.15) is 12.5 Å². The maximum Gasteiger partial charge on any atom is 0.511 e. The van der Waals surface area contributed by atoms with Crippen molar-refractivity contribution in [3.63, 3.8) is 0 Å². The Hall–Kier alpha value is -2.04. The van der Waals surface area contributed by atoms with Crippen molar-refractivity contribution in [1.29, 1.82) is 0 Å². The summed E-state index contributed by atoms with van der Waals surface area (Å²) in [6.45, 7) is 1.59. The molecule has 0 spiro atoms. The lowest BCUT2D eigenvalue weighted by atomic mass is 10.2. The minimum atomic E-state index is -0.810. The summed E-state index contributed by atoms with van der Waals surface area (Å²) in [7, 11) is 0. The van der Waals surface area contributed by atoms with Gasteiger partial charge in [0.15, 0.2) is 0 Å². The Morgan fingerprint density at radius 2 is 2.06 bits per heavy atom. The molecule has 0 amide bonds. The van der Waals surface area contributed by atoms with Gasteiger partial charge in [0.05, 0.1) is 12.2 Å². The summed E-state index contributed by atoms with van der Waals surface area (Å²) in [6.07, 6.45) is 0.902. The summed E-state index contributed by atoms with van der Waals surface area (Å²) in [5.74, 6) is 0.307. The molecule has 0 aliphatic heterocycles. The molecule has 0 aliphatic rings. The first-order valence-electron chi connectivity index (χ1n) is 4.67. The van der Waals surface area contributed by atoms with Crippen LogP contribution in [-0.4, -0.2) is 25.8 Å². The van der Waals surface area contributed by atoms with Gasteiger partial charge in [-0.3, -0.25) is 4.79 Å². The van der Waals surface area contributed by atoms with E-state index in [2.05, 4.69) is 9.47 Å². The third-order valence-corrected chi connectivity index (χ3v) is 1.65. The molecule has 0 aliphatic carbocycles. The van der Waals surface area contributed by atoms with Crippen molar-refractivity contribution in [2.75, 3.05) is 13.4 Å². The first kappa shape index (κ1) is 12.0. The van der Waals surface area contributed by atoms with Crippen LogP contribution in [0.15, 0.2) is 24.3 Å². The van der Waals surface area contributed by atoms with Crippen molar-refractivity contribution >= 4 is 12.4 Å². The SMILES string of the molecule is CCOC(=O)OCOc1ccccc1[C]=O. The van der Waals surface area contributed by atoms with Crippen LogP contribution in [0, 0.1) is 0 Å². The van der Waals surface area contributed by atoms with Gasteiger partial charge in [-0.05, 0) is 19.1 Å². The summed E-state index contributed by atoms with van der Waals surface area (Å²) in [5.41, 5.74) is 0.273. The molecule has 5 nitrogen and oxygen atoms in total. The van der Waals surface area contributed by atoms with Gasteiger partial charge in [-0.15, -0.1) is 0 Å². The molecule has 1 aromatic rings. The molecule has 0 atom stereocenters. The number of ether oxygens (including phenoxy) is 3. The van der Waals surface area contributed by atoms with Gasteiger partial charge < -0.3 is 14.2 Å². The molecule has 0 fully saturated rings. The molecule has 0 unspecified atom stereocenters. The fourth-order valence-electron chi connectivity index (χ4n) is 0.977. The van der Waals surface area contributed by atoms with Crippen molar-refractivity contribution in [1.82, 2.24) is 0 Å². The smallest absolute Gasteiger partial charge is 0.456 e. The molecule has 85 valence electrons. The van der Waals surface area contributed by atoms with Crippen molar-refractivity contribution in [2.24, 2.45) is 0 Å². The Bertz CT molecular complexity index is 361. The lowest BCUT2D eigenvalue weighted by molar-refractivity contribution is 0.00682. The highest BCUT2D eigenvalue weighted by atomic mass is 16.8. The number of benzene rings is 1. The highest BCUT2D eigenvalue weighted by Gasteiger charge is 2.05. The van der Waals surface area contributed by atoms with Crippen LogP contribution in [0.3, 0.4) is 0 Å². The number of para-hydroxylation sites is 1. The molecular weight excluding hydrogens is 212 g/mol. The van der Waals surface area contributed by atoms with Crippen LogP contribution in [0.4, 0.5) is 4.79 Å². The van der Waals surface area contributed by atoms with Gasteiger partial charge in [0, 0.05) is 0 Å². The Balaban J connectivity index is 2.42. The van der Waals surface area contributed by atoms with Gasteiger partial charge in [-0.2, -0.15) is 0 Å². The molecule has 0 bridgehead atoms. The maximum atomic E-state index is 10.8. The second kappa shape index (κ2) is 6.44. The monoisotopic (exact) mass is 223 g/mol. The minimum absolute atomic E-state index is 0.234. The third kappa shape index (κ3) is 3.61. The fraction of sp³-hybridized carbons (Fsp3) is 0.273. The van der Waals surface area contributed by atoms with Crippen LogP contribution in [0.5, 0.6) is 5.75 Å². The first-order chi connectivity index (χ1) is 7.77. The quantitative estimate of drug-likeness (QED) is 0.561. The molecule has 0 N–H and O–H groups in total.